The minimum Gasteiger partial charge on any atom is -0.480 e. The van der Waals surface area contributed by atoms with Crippen LogP contribution in [0.3, 0.4) is 0 Å². The molecule has 1 aliphatic rings. The number of carboxylic acids is 1. The lowest BCUT2D eigenvalue weighted by Gasteiger charge is -2.33. The smallest absolute Gasteiger partial charge is 0.325 e. The van der Waals surface area contributed by atoms with E-state index in [1.165, 1.54) is 5.56 Å². The number of aromatic amines is 1. The summed E-state index contributed by atoms with van der Waals surface area (Å²) in [5, 5.41) is 17.7. The van der Waals surface area contributed by atoms with Crippen LogP contribution in [-0.4, -0.2) is 37.7 Å². The topological polar surface area (TPSA) is 82.1 Å². The van der Waals surface area contributed by atoms with Gasteiger partial charge in [-0.3, -0.25) is 14.8 Å². The van der Waals surface area contributed by atoms with Gasteiger partial charge in [0.2, 0.25) is 0 Å². The Morgan fingerprint density at radius 2 is 2.09 bits per heavy atom. The number of nitrogens with zero attached hydrogens (tertiary/aromatic N) is 3. The summed E-state index contributed by atoms with van der Waals surface area (Å²) in [7, 11) is 0. The number of carbonyl (C=O) groups is 1. The van der Waals surface area contributed by atoms with Crippen LogP contribution in [0.15, 0.2) is 42.7 Å². The summed E-state index contributed by atoms with van der Waals surface area (Å²) in [5.74, 6) is -0.822. The zero-order valence-electron chi connectivity index (χ0n) is 12.4. The van der Waals surface area contributed by atoms with Gasteiger partial charge in [-0.15, -0.1) is 0 Å². The van der Waals surface area contributed by atoms with Gasteiger partial charge in [-0.2, -0.15) is 5.10 Å². The standard InChI is InChI=1S/C17H16N4O2/c22-17(23)15(11-4-2-1-3-5-11)21-7-6-13-12(10-21)8-18-16-14(13)9-19-20-16/h1-5,8-9,15H,6-7,10H2,(H,22,23)(H,18,19,20). The Bertz CT molecular complexity index is 859. The Morgan fingerprint density at radius 3 is 2.87 bits per heavy atom. The molecular formula is C17H16N4O2. The van der Waals surface area contributed by atoms with E-state index in [1.54, 1.807) is 6.20 Å². The molecule has 6 heteroatoms. The monoisotopic (exact) mass is 308 g/mol. The molecule has 1 unspecified atom stereocenters. The molecule has 2 N–H and O–H groups in total. The predicted molar refractivity (Wildman–Crippen MR) is 84.8 cm³/mol. The third-order valence-electron chi connectivity index (χ3n) is 4.42. The largest absolute Gasteiger partial charge is 0.480 e. The third-order valence-corrected chi connectivity index (χ3v) is 4.42. The molecule has 3 aromatic rings. The van der Waals surface area contributed by atoms with Gasteiger partial charge in [-0.1, -0.05) is 30.3 Å². The van der Waals surface area contributed by atoms with Crippen molar-refractivity contribution in [2.75, 3.05) is 6.54 Å². The van der Waals surface area contributed by atoms with E-state index < -0.39 is 12.0 Å². The fraction of sp³-hybridized carbons (Fsp3) is 0.235. The summed E-state index contributed by atoms with van der Waals surface area (Å²) in [6.45, 7) is 1.28. The maximum Gasteiger partial charge on any atom is 0.325 e. The number of aromatic nitrogens is 3. The second-order valence-electron chi connectivity index (χ2n) is 5.77. The predicted octanol–water partition coefficient (Wildman–Crippen LogP) is 2.14. The molecule has 0 amide bonds. The molecule has 6 nitrogen and oxygen atoms in total. The third kappa shape index (κ3) is 2.37. The average molecular weight is 308 g/mol. The van der Waals surface area contributed by atoms with Crippen molar-refractivity contribution in [3.63, 3.8) is 0 Å². The number of pyridine rings is 1. The van der Waals surface area contributed by atoms with E-state index in [-0.39, 0.29) is 0 Å². The molecule has 3 heterocycles. The van der Waals surface area contributed by atoms with Gasteiger partial charge >= 0.3 is 5.97 Å². The van der Waals surface area contributed by atoms with Crippen LogP contribution in [-0.2, 0) is 17.8 Å². The first-order valence-corrected chi connectivity index (χ1v) is 7.55. The van der Waals surface area contributed by atoms with E-state index in [1.807, 2.05) is 41.4 Å². The van der Waals surface area contributed by atoms with E-state index in [0.29, 0.717) is 13.1 Å². The number of H-pyrrole nitrogens is 1. The average Bonchev–Trinajstić information content (AvgIpc) is 3.04. The Kier molecular flexibility index (Phi) is 3.31. The first-order chi connectivity index (χ1) is 11.2. The Hall–Kier alpha value is -2.73. The van der Waals surface area contributed by atoms with Crippen molar-refractivity contribution in [1.82, 2.24) is 20.1 Å². The molecule has 0 aliphatic carbocycles. The van der Waals surface area contributed by atoms with Crippen LogP contribution in [0.4, 0.5) is 0 Å². The van der Waals surface area contributed by atoms with Crippen LogP contribution < -0.4 is 0 Å². The quantitative estimate of drug-likeness (QED) is 0.774. The van der Waals surface area contributed by atoms with Crippen LogP contribution in [0.5, 0.6) is 0 Å². The van der Waals surface area contributed by atoms with Crippen molar-refractivity contribution in [1.29, 1.82) is 0 Å². The highest BCUT2D eigenvalue weighted by molar-refractivity contribution is 5.80. The molecule has 0 bridgehead atoms. The molecule has 0 fully saturated rings. The summed E-state index contributed by atoms with van der Waals surface area (Å²) in [6.07, 6.45) is 4.42. The lowest BCUT2D eigenvalue weighted by Crippen LogP contribution is -2.38. The fourth-order valence-electron chi connectivity index (χ4n) is 3.34. The zero-order chi connectivity index (χ0) is 15.8. The van der Waals surface area contributed by atoms with Crippen molar-refractivity contribution in [2.45, 2.75) is 19.0 Å². The number of carboxylic acid groups (broad SMARTS) is 1. The van der Waals surface area contributed by atoms with Gasteiger partial charge in [0.1, 0.15) is 6.04 Å². The molecule has 0 saturated carbocycles. The van der Waals surface area contributed by atoms with Crippen molar-refractivity contribution in [2.24, 2.45) is 0 Å². The molecule has 0 spiro atoms. The SMILES string of the molecule is O=C(O)C(c1ccccc1)N1CCc2c(cnc3[nH]ncc23)C1. The molecule has 4 rings (SSSR count). The van der Waals surface area contributed by atoms with Crippen LogP contribution >= 0.6 is 0 Å². The van der Waals surface area contributed by atoms with Crippen LogP contribution in [0.25, 0.3) is 11.0 Å². The summed E-state index contributed by atoms with van der Waals surface area (Å²) >= 11 is 0. The first kappa shape index (κ1) is 13.9. The van der Waals surface area contributed by atoms with E-state index >= 15 is 0 Å². The maximum absolute atomic E-state index is 11.8. The number of hydrogen-bond acceptors (Lipinski definition) is 4. The lowest BCUT2D eigenvalue weighted by molar-refractivity contribution is -0.144. The second-order valence-corrected chi connectivity index (χ2v) is 5.77. The minimum atomic E-state index is -0.822. The van der Waals surface area contributed by atoms with Gasteiger partial charge in [0.25, 0.3) is 0 Å². The first-order valence-electron chi connectivity index (χ1n) is 7.55. The van der Waals surface area contributed by atoms with E-state index in [9.17, 15) is 9.90 Å². The molecule has 1 aromatic carbocycles. The van der Waals surface area contributed by atoms with Gasteiger partial charge in [0.05, 0.1) is 6.20 Å². The minimum absolute atomic E-state index is 0.579. The lowest BCUT2D eigenvalue weighted by atomic mass is 9.96. The second kappa shape index (κ2) is 5.48. The molecule has 1 aliphatic heterocycles. The summed E-state index contributed by atoms with van der Waals surface area (Å²) in [5.41, 5.74) is 3.89. The molecule has 2 aromatic heterocycles. The van der Waals surface area contributed by atoms with Gasteiger partial charge < -0.3 is 5.11 Å². The van der Waals surface area contributed by atoms with Gasteiger partial charge in [-0.25, -0.2) is 4.98 Å². The van der Waals surface area contributed by atoms with E-state index in [2.05, 4.69) is 15.2 Å². The number of hydrogen-bond donors (Lipinski definition) is 2. The Morgan fingerprint density at radius 1 is 1.26 bits per heavy atom. The number of rotatable bonds is 3. The molecular weight excluding hydrogens is 292 g/mol. The van der Waals surface area contributed by atoms with E-state index in [0.717, 1.165) is 28.6 Å². The van der Waals surface area contributed by atoms with Crippen molar-refractivity contribution < 1.29 is 9.90 Å². The van der Waals surface area contributed by atoms with E-state index in [4.69, 9.17) is 0 Å². The molecule has 0 radical (unpaired) electrons. The summed E-state index contributed by atoms with van der Waals surface area (Å²) < 4.78 is 0. The van der Waals surface area contributed by atoms with Gasteiger partial charge in [0, 0.05) is 24.7 Å². The highest BCUT2D eigenvalue weighted by atomic mass is 16.4. The number of aliphatic carboxylic acids is 1. The van der Waals surface area contributed by atoms with Gasteiger partial charge in [0.15, 0.2) is 5.65 Å². The van der Waals surface area contributed by atoms with Crippen molar-refractivity contribution in [3.8, 4) is 0 Å². The van der Waals surface area contributed by atoms with Crippen LogP contribution in [0, 0.1) is 0 Å². The molecule has 116 valence electrons. The van der Waals surface area contributed by atoms with Crippen LogP contribution in [0.2, 0.25) is 0 Å². The molecule has 1 atom stereocenters. The highest BCUT2D eigenvalue weighted by Gasteiger charge is 2.30. The van der Waals surface area contributed by atoms with Crippen molar-refractivity contribution in [3.05, 3.63) is 59.4 Å². The zero-order valence-corrected chi connectivity index (χ0v) is 12.4. The summed E-state index contributed by atoms with van der Waals surface area (Å²) in [6, 6.07) is 8.74. The number of nitrogens with one attached hydrogen (secondary N) is 1. The summed E-state index contributed by atoms with van der Waals surface area (Å²) in [4.78, 5) is 18.2. The Balaban J connectivity index is 1.70. The number of benzene rings is 1. The Labute approximate surface area is 132 Å². The van der Waals surface area contributed by atoms with Crippen molar-refractivity contribution >= 4 is 17.0 Å². The van der Waals surface area contributed by atoms with Crippen LogP contribution in [0.1, 0.15) is 22.7 Å². The fourth-order valence-corrected chi connectivity index (χ4v) is 3.34. The number of fused-ring (bicyclic) bond motifs is 3. The molecule has 0 saturated heterocycles. The maximum atomic E-state index is 11.8. The van der Waals surface area contributed by atoms with Gasteiger partial charge in [-0.05, 0) is 23.1 Å². The molecule has 23 heavy (non-hydrogen) atoms. The highest BCUT2D eigenvalue weighted by Crippen LogP contribution is 2.30. The normalized spacial score (nSPS) is 16.2.